The predicted octanol–water partition coefficient (Wildman–Crippen LogP) is 4.01. The number of nitrogens with one attached hydrogen (secondary N) is 1. The van der Waals surface area contributed by atoms with Gasteiger partial charge in [0.05, 0.1) is 0 Å². The number of hydrogen-bond acceptors (Lipinski definition) is 1. The van der Waals surface area contributed by atoms with E-state index in [4.69, 9.17) is 0 Å². The highest BCUT2D eigenvalue weighted by Gasteiger charge is 2.09. The van der Waals surface area contributed by atoms with Gasteiger partial charge in [0, 0.05) is 6.04 Å². The van der Waals surface area contributed by atoms with Gasteiger partial charge in [0.1, 0.15) is 0 Å². The molecule has 0 saturated heterocycles. The fourth-order valence-corrected chi connectivity index (χ4v) is 2.30. The van der Waals surface area contributed by atoms with E-state index in [2.05, 4.69) is 51.2 Å². The van der Waals surface area contributed by atoms with Gasteiger partial charge in [-0.1, -0.05) is 50.5 Å². The van der Waals surface area contributed by atoms with E-state index in [1.165, 1.54) is 42.4 Å². The van der Waals surface area contributed by atoms with Crippen molar-refractivity contribution in [2.45, 2.75) is 59.4 Å². The van der Waals surface area contributed by atoms with Gasteiger partial charge in [-0.05, 0) is 44.4 Å². The number of hydrogen-bond donors (Lipinski definition) is 1. The Bertz CT molecular complexity index is 330. The second-order valence-electron chi connectivity index (χ2n) is 5.03. The Labute approximate surface area is 107 Å². The van der Waals surface area contributed by atoms with Gasteiger partial charge in [0.15, 0.2) is 0 Å². The molecule has 0 bridgehead atoms. The molecule has 0 radical (unpaired) electrons. The molecule has 0 fully saturated rings. The summed E-state index contributed by atoms with van der Waals surface area (Å²) in [5.41, 5.74) is 4.30. The van der Waals surface area contributed by atoms with Crippen LogP contribution in [0.25, 0.3) is 0 Å². The minimum atomic E-state index is 0.639. The van der Waals surface area contributed by atoms with Crippen molar-refractivity contribution in [3.05, 3.63) is 34.9 Å². The van der Waals surface area contributed by atoms with Crippen LogP contribution < -0.4 is 5.32 Å². The van der Waals surface area contributed by atoms with E-state index in [-0.39, 0.29) is 0 Å². The van der Waals surface area contributed by atoms with E-state index in [9.17, 15) is 0 Å². The third-order valence-electron chi connectivity index (χ3n) is 3.37. The SMILES string of the molecule is CCCCC(Cc1cc(C)ccc1C)NCC. The Hall–Kier alpha value is -0.820. The number of aryl methyl sites for hydroxylation is 2. The van der Waals surface area contributed by atoms with Crippen LogP contribution in [-0.4, -0.2) is 12.6 Å². The van der Waals surface area contributed by atoms with Crippen LogP contribution in [0.15, 0.2) is 18.2 Å². The number of unbranched alkanes of at least 4 members (excludes halogenated alkanes) is 1. The monoisotopic (exact) mass is 233 g/mol. The minimum absolute atomic E-state index is 0.639. The van der Waals surface area contributed by atoms with Crippen molar-refractivity contribution >= 4 is 0 Å². The molecule has 1 aromatic rings. The summed E-state index contributed by atoms with van der Waals surface area (Å²) in [6, 6.07) is 7.42. The number of rotatable bonds is 7. The lowest BCUT2D eigenvalue weighted by atomic mass is 9.96. The van der Waals surface area contributed by atoms with Gasteiger partial charge in [-0.3, -0.25) is 0 Å². The summed E-state index contributed by atoms with van der Waals surface area (Å²) in [7, 11) is 0. The molecule has 0 amide bonds. The first-order chi connectivity index (χ1) is 8.17. The maximum absolute atomic E-state index is 3.61. The van der Waals surface area contributed by atoms with Crippen molar-refractivity contribution in [1.82, 2.24) is 5.32 Å². The third-order valence-corrected chi connectivity index (χ3v) is 3.37. The van der Waals surface area contributed by atoms with Crippen molar-refractivity contribution in [2.75, 3.05) is 6.54 Å². The van der Waals surface area contributed by atoms with E-state index < -0.39 is 0 Å². The Morgan fingerprint density at radius 3 is 2.59 bits per heavy atom. The van der Waals surface area contributed by atoms with Crippen LogP contribution in [0.3, 0.4) is 0 Å². The van der Waals surface area contributed by atoms with Gasteiger partial charge in [-0.15, -0.1) is 0 Å². The maximum atomic E-state index is 3.61. The molecule has 0 aliphatic rings. The summed E-state index contributed by atoms with van der Waals surface area (Å²) in [6.07, 6.45) is 5.07. The lowest BCUT2D eigenvalue weighted by molar-refractivity contribution is 0.473. The fourth-order valence-electron chi connectivity index (χ4n) is 2.30. The zero-order chi connectivity index (χ0) is 12.7. The average molecular weight is 233 g/mol. The summed E-state index contributed by atoms with van der Waals surface area (Å²) >= 11 is 0. The Balaban J connectivity index is 2.67. The van der Waals surface area contributed by atoms with Crippen molar-refractivity contribution in [3.63, 3.8) is 0 Å². The molecular formula is C16H27N. The lowest BCUT2D eigenvalue weighted by Crippen LogP contribution is -2.31. The highest BCUT2D eigenvalue weighted by atomic mass is 14.9. The standard InChI is InChI=1S/C16H27N/c1-5-7-8-16(17-6-2)12-15-11-13(3)9-10-14(15)4/h9-11,16-17H,5-8,12H2,1-4H3. The topological polar surface area (TPSA) is 12.0 Å². The predicted molar refractivity (Wildman–Crippen MR) is 76.6 cm³/mol. The summed E-state index contributed by atoms with van der Waals surface area (Å²) in [5.74, 6) is 0. The summed E-state index contributed by atoms with van der Waals surface area (Å²) in [5, 5.41) is 3.61. The second kappa shape index (κ2) is 7.50. The molecule has 96 valence electrons. The largest absolute Gasteiger partial charge is 0.314 e. The molecule has 1 unspecified atom stereocenters. The molecule has 0 aromatic heterocycles. The molecule has 0 saturated carbocycles. The molecule has 1 nitrogen and oxygen atoms in total. The molecule has 1 rings (SSSR count). The fraction of sp³-hybridized carbons (Fsp3) is 0.625. The lowest BCUT2D eigenvalue weighted by Gasteiger charge is -2.19. The quantitative estimate of drug-likeness (QED) is 0.750. The molecule has 0 heterocycles. The van der Waals surface area contributed by atoms with Crippen LogP contribution in [0.5, 0.6) is 0 Å². The van der Waals surface area contributed by atoms with Crippen molar-refractivity contribution in [3.8, 4) is 0 Å². The molecule has 17 heavy (non-hydrogen) atoms. The highest BCUT2D eigenvalue weighted by molar-refractivity contribution is 5.31. The van der Waals surface area contributed by atoms with Crippen LogP contribution in [0.1, 0.15) is 49.8 Å². The summed E-state index contributed by atoms with van der Waals surface area (Å²) < 4.78 is 0. The van der Waals surface area contributed by atoms with Crippen LogP contribution in [-0.2, 0) is 6.42 Å². The second-order valence-corrected chi connectivity index (χ2v) is 5.03. The van der Waals surface area contributed by atoms with E-state index in [1.807, 2.05) is 0 Å². The number of benzene rings is 1. The molecule has 1 N–H and O–H groups in total. The maximum Gasteiger partial charge on any atom is 0.0107 e. The Morgan fingerprint density at radius 2 is 1.94 bits per heavy atom. The van der Waals surface area contributed by atoms with Crippen LogP contribution in [0.4, 0.5) is 0 Å². The molecule has 1 aromatic carbocycles. The summed E-state index contributed by atoms with van der Waals surface area (Å²) in [4.78, 5) is 0. The zero-order valence-corrected chi connectivity index (χ0v) is 11.8. The van der Waals surface area contributed by atoms with E-state index in [0.29, 0.717) is 6.04 Å². The van der Waals surface area contributed by atoms with Gasteiger partial charge < -0.3 is 5.32 Å². The average Bonchev–Trinajstić information content (AvgIpc) is 2.31. The molecular weight excluding hydrogens is 206 g/mol. The molecule has 0 aliphatic carbocycles. The first-order valence-corrected chi connectivity index (χ1v) is 6.96. The van der Waals surface area contributed by atoms with Crippen LogP contribution in [0.2, 0.25) is 0 Å². The zero-order valence-electron chi connectivity index (χ0n) is 11.8. The van der Waals surface area contributed by atoms with Crippen molar-refractivity contribution < 1.29 is 0 Å². The minimum Gasteiger partial charge on any atom is -0.314 e. The van der Waals surface area contributed by atoms with Gasteiger partial charge in [-0.25, -0.2) is 0 Å². The van der Waals surface area contributed by atoms with Crippen LogP contribution in [0, 0.1) is 13.8 Å². The highest BCUT2D eigenvalue weighted by Crippen LogP contribution is 2.15. The van der Waals surface area contributed by atoms with Crippen molar-refractivity contribution in [2.24, 2.45) is 0 Å². The van der Waals surface area contributed by atoms with Gasteiger partial charge >= 0.3 is 0 Å². The normalized spacial score (nSPS) is 12.7. The molecule has 0 aliphatic heterocycles. The van der Waals surface area contributed by atoms with Gasteiger partial charge in [0.25, 0.3) is 0 Å². The Morgan fingerprint density at radius 1 is 1.18 bits per heavy atom. The first-order valence-electron chi connectivity index (χ1n) is 6.96. The van der Waals surface area contributed by atoms with E-state index in [1.54, 1.807) is 0 Å². The van der Waals surface area contributed by atoms with Crippen molar-refractivity contribution in [1.29, 1.82) is 0 Å². The van der Waals surface area contributed by atoms with Gasteiger partial charge in [0.2, 0.25) is 0 Å². The third kappa shape index (κ3) is 4.91. The van der Waals surface area contributed by atoms with Gasteiger partial charge in [-0.2, -0.15) is 0 Å². The molecule has 0 spiro atoms. The molecule has 1 heteroatoms. The summed E-state index contributed by atoms with van der Waals surface area (Å²) in [6.45, 7) is 9.93. The van der Waals surface area contributed by atoms with E-state index >= 15 is 0 Å². The number of likely N-dealkylation sites (N-methyl/N-ethyl adjacent to an activating group) is 1. The first kappa shape index (κ1) is 14.2. The smallest absolute Gasteiger partial charge is 0.0107 e. The van der Waals surface area contributed by atoms with E-state index in [0.717, 1.165) is 6.54 Å². The van der Waals surface area contributed by atoms with Crippen LogP contribution >= 0.6 is 0 Å². The Kier molecular flexibility index (Phi) is 6.28. The molecule has 1 atom stereocenters.